The van der Waals surface area contributed by atoms with Crippen molar-refractivity contribution in [3.63, 3.8) is 0 Å². The predicted octanol–water partition coefficient (Wildman–Crippen LogP) is 0.390. The minimum Gasteiger partial charge on any atom is -0.381 e. The molecule has 0 saturated carbocycles. The van der Waals surface area contributed by atoms with Crippen LogP contribution >= 0.6 is 0 Å². The van der Waals surface area contributed by atoms with Crippen molar-refractivity contribution in [1.29, 1.82) is 0 Å². The smallest absolute Gasteiger partial charge is 0.0637 e. The number of terminal acetylenes is 1. The minimum atomic E-state index is -0.367. The highest BCUT2D eigenvalue weighted by Gasteiger charge is 2.32. The van der Waals surface area contributed by atoms with Crippen molar-refractivity contribution in [1.82, 2.24) is 0 Å². The Labute approximate surface area is 134 Å². The Bertz CT molecular complexity index is 255. The summed E-state index contributed by atoms with van der Waals surface area (Å²) in [5.74, 6) is 2.56. The fraction of sp³-hybridized carbons (Fsp3) is 0.875. The topological polar surface area (TPSA) is 89.0 Å². The van der Waals surface area contributed by atoms with E-state index in [4.69, 9.17) is 36.8 Å². The van der Waals surface area contributed by atoms with Crippen molar-refractivity contribution in [2.45, 2.75) is 19.8 Å². The molecule has 0 aromatic rings. The standard InChI is InChI=1S/C16H32N2O4/c1-3-5-9-20-13-16(12-19-8-4-2,14-21-10-6-17)15-22-11-7-18/h1H,4-15,17-18H2,2H3. The van der Waals surface area contributed by atoms with E-state index in [1.807, 2.05) is 0 Å². The summed E-state index contributed by atoms with van der Waals surface area (Å²) in [5.41, 5.74) is 10.6. The third kappa shape index (κ3) is 11.0. The van der Waals surface area contributed by atoms with E-state index in [1.54, 1.807) is 0 Å². The highest BCUT2D eigenvalue weighted by molar-refractivity contribution is 4.84. The van der Waals surface area contributed by atoms with E-state index in [1.165, 1.54) is 0 Å². The normalized spacial score (nSPS) is 11.5. The quantitative estimate of drug-likeness (QED) is 0.316. The number of hydrogen-bond acceptors (Lipinski definition) is 6. The summed E-state index contributed by atoms with van der Waals surface area (Å²) in [6.07, 6.45) is 6.78. The van der Waals surface area contributed by atoms with E-state index in [0.717, 1.165) is 6.42 Å². The lowest BCUT2D eigenvalue weighted by atomic mass is 9.92. The molecule has 130 valence electrons. The van der Waals surface area contributed by atoms with Crippen LogP contribution in [0.5, 0.6) is 0 Å². The average Bonchev–Trinajstić information content (AvgIpc) is 2.52. The molecular formula is C16H32N2O4. The van der Waals surface area contributed by atoms with Crippen molar-refractivity contribution in [2.75, 3.05) is 65.9 Å². The molecule has 0 heterocycles. The third-order valence-electron chi connectivity index (χ3n) is 2.90. The molecule has 0 aliphatic carbocycles. The van der Waals surface area contributed by atoms with Crippen molar-refractivity contribution < 1.29 is 18.9 Å². The van der Waals surface area contributed by atoms with Gasteiger partial charge in [-0.1, -0.05) is 6.92 Å². The summed E-state index contributed by atoms with van der Waals surface area (Å²) in [6.45, 7) is 7.14. The molecule has 0 aliphatic rings. The minimum absolute atomic E-state index is 0.367. The molecule has 0 bridgehead atoms. The van der Waals surface area contributed by atoms with E-state index < -0.39 is 0 Å². The molecule has 0 amide bonds. The number of rotatable bonds is 16. The molecule has 0 atom stereocenters. The SMILES string of the molecule is C#CCCOCC(COCCC)(COCCN)COCCN. The summed E-state index contributed by atoms with van der Waals surface area (Å²) in [7, 11) is 0. The Kier molecular flexibility index (Phi) is 14.8. The number of nitrogens with two attached hydrogens (primary N) is 2. The summed E-state index contributed by atoms with van der Waals surface area (Å²) >= 11 is 0. The Morgan fingerprint density at radius 3 is 1.68 bits per heavy atom. The lowest BCUT2D eigenvalue weighted by molar-refractivity contribution is -0.104. The largest absolute Gasteiger partial charge is 0.381 e. The van der Waals surface area contributed by atoms with Gasteiger partial charge in [0.15, 0.2) is 0 Å². The lowest BCUT2D eigenvalue weighted by Gasteiger charge is -2.33. The fourth-order valence-corrected chi connectivity index (χ4v) is 1.85. The highest BCUT2D eigenvalue weighted by Crippen LogP contribution is 2.21. The van der Waals surface area contributed by atoms with Crippen LogP contribution in [0.4, 0.5) is 0 Å². The fourth-order valence-electron chi connectivity index (χ4n) is 1.85. The van der Waals surface area contributed by atoms with Crippen LogP contribution in [-0.4, -0.2) is 65.9 Å². The van der Waals surface area contributed by atoms with Gasteiger partial charge in [0.05, 0.1) is 51.7 Å². The molecule has 0 spiro atoms. The number of ether oxygens (including phenoxy) is 4. The van der Waals surface area contributed by atoms with Crippen molar-refractivity contribution in [3.05, 3.63) is 0 Å². The molecule has 0 fully saturated rings. The van der Waals surface area contributed by atoms with Crippen LogP contribution in [0, 0.1) is 17.8 Å². The maximum atomic E-state index is 5.72. The predicted molar refractivity (Wildman–Crippen MR) is 87.6 cm³/mol. The summed E-state index contributed by atoms with van der Waals surface area (Å²) in [5, 5.41) is 0. The molecule has 0 aliphatic heterocycles. The Balaban J connectivity index is 4.57. The van der Waals surface area contributed by atoms with E-state index in [2.05, 4.69) is 12.8 Å². The van der Waals surface area contributed by atoms with Gasteiger partial charge in [0.25, 0.3) is 0 Å². The van der Waals surface area contributed by atoms with Gasteiger partial charge >= 0.3 is 0 Å². The molecule has 0 aromatic heterocycles. The maximum Gasteiger partial charge on any atom is 0.0637 e. The molecular weight excluding hydrogens is 284 g/mol. The monoisotopic (exact) mass is 316 g/mol. The second-order valence-electron chi connectivity index (χ2n) is 5.24. The first kappa shape index (κ1) is 21.3. The molecule has 0 saturated heterocycles. The summed E-state index contributed by atoms with van der Waals surface area (Å²) < 4.78 is 22.7. The number of hydrogen-bond donors (Lipinski definition) is 2. The Morgan fingerprint density at radius 2 is 1.27 bits per heavy atom. The summed E-state index contributed by atoms with van der Waals surface area (Å²) in [4.78, 5) is 0. The van der Waals surface area contributed by atoms with Gasteiger partial charge in [-0.05, 0) is 6.42 Å². The Hall–Kier alpha value is -0.680. The van der Waals surface area contributed by atoms with Gasteiger partial charge in [-0.25, -0.2) is 0 Å². The molecule has 4 N–H and O–H groups in total. The van der Waals surface area contributed by atoms with Crippen LogP contribution in [0.3, 0.4) is 0 Å². The van der Waals surface area contributed by atoms with E-state index in [9.17, 15) is 0 Å². The highest BCUT2D eigenvalue weighted by atomic mass is 16.5. The van der Waals surface area contributed by atoms with Crippen LogP contribution < -0.4 is 11.5 Å². The Morgan fingerprint density at radius 1 is 0.818 bits per heavy atom. The van der Waals surface area contributed by atoms with Gasteiger partial charge < -0.3 is 30.4 Å². The molecule has 6 heteroatoms. The molecule has 6 nitrogen and oxygen atoms in total. The van der Waals surface area contributed by atoms with Crippen LogP contribution in [-0.2, 0) is 18.9 Å². The van der Waals surface area contributed by atoms with Crippen molar-refractivity contribution in [2.24, 2.45) is 16.9 Å². The average molecular weight is 316 g/mol. The lowest BCUT2D eigenvalue weighted by Crippen LogP contribution is -2.42. The maximum absolute atomic E-state index is 5.72. The zero-order valence-corrected chi connectivity index (χ0v) is 13.9. The van der Waals surface area contributed by atoms with Gasteiger partial charge in [0.2, 0.25) is 0 Å². The molecule has 22 heavy (non-hydrogen) atoms. The van der Waals surface area contributed by atoms with E-state index >= 15 is 0 Å². The van der Waals surface area contributed by atoms with Crippen LogP contribution in [0.25, 0.3) is 0 Å². The van der Waals surface area contributed by atoms with Gasteiger partial charge in [0.1, 0.15) is 0 Å². The van der Waals surface area contributed by atoms with E-state index in [0.29, 0.717) is 72.4 Å². The van der Waals surface area contributed by atoms with Gasteiger partial charge in [-0.2, -0.15) is 0 Å². The first-order valence-electron chi connectivity index (χ1n) is 7.89. The van der Waals surface area contributed by atoms with Crippen LogP contribution in [0.1, 0.15) is 19.8 Å². The zero-order valence-electron chi connectivity index (χ0n) is 13.9. The first-order valence-corrected chi connectivity index (χ1v) is 7.89. The van der Waals surface area contributed by atoms with Crippen LogP contribution in [0.15, 0.2) is 0 Å². The first-order chi connectivity index (χ1) is 10.7. The third-order valence-corrected chi connectivity index (χ3v) is 2.90. The molecule has 0 aromatic carbocycles. The summed E-state index contributed by atoms with van der Waals surface area (Å²) in [6, 6.07) is 0. The van der Waals surface area contributed by atoms with Crippen molar-refractivity contribution >= 4 is 0 Å². The van der Waals surface area contributed by atoms with Crippen LogP contribution in [0.2, 0.25) is 0 Å². The van der Waals surface area contributed by atoms with Gasteiger partial charge in [0, 0.05) is 26.1 Å². The second kappa shape index (κ2) is 15.2. The van der Waals surface area contributed by atoms with Gasteiger partial charge in [-0.15, -0.1) is 12.3 Å². The molecule has 0 unspecified atom stereocenters. The molecule has 0 rings (SSSR count). The zero-order chi connectivity index (χ0) is 16.5. The van der Waals surface area contributed by atoms with Gasteiger partial charge in [-0.3, -0.25) is 0 Å². The van der Waals surface area contributed by atoms with E-state index in [-0.39, 0.29) is 5.41 Å². The second-order valence-corrected chi connectivity index (χ2v) is 5.24. The molecule has 0 radical (unpaired) electrons. The van der Waals surface area contributed by atoms with Crippen molar-refractivity contribution in [3.8, 4) is 12.3 Å².